The summed E-state index contributed by atoms with van der Waals surface area (Å²) in [5.41, 5.74) is -0.129. The van der Waals surface area contributed by atoms with Gasteiger partial charge in [0.1, 0.15) is 0 Å². The van der Waals surface area contributed by atoms with Crippen LogP contribution >= 0.6 is 15.9 Å². The summed E-state index contributed by atoms with van der Waals surface area (Å²) in [4.78, 5) is 14.6. The molecule has 0 aliphatic rings. The molecule has 0 atom stereocenters. The molecular weight excluding hydrogens is 366 g/mol. The number of hydrogen-bond acceptors (Lipinski definition) is 6. The molecule has 0 aliphatic heterocycles. The van der Waals surface area contributed by atoms with Gasteiger partial charge in [0.15, 0.2) is 5.82 Å². The van der Waals surface area contributed by atoms with Crippen molar-refractivity contribution in [2.75, 3.05) is 6.54 Å². The Morgan fingerprint density at radius 3 is 2.81 bits per heavy atom. The van der Waals surface area contributed by atoms with Crippen molar-refractivity contribution in [1.29, 1.82) is 0 Å². The summed E-state index contributed by atoms with van der Waals surface area (Å²) < 4.78 is 31.3. The summed E-state index contributed by atoms with van der Waals surface area (Å²) >= 11 is 3.05. The van der Waals surface area contributed by atoms with Crippen LogP contribution in [0.5, 0.6) is 0 Å². The molecule has 8 nitrogen and oxygen atoms in total. The van der Waals surface area contributed by atoms with Crippen LogP contribution in [-0.2, 0) is 16.4 Å². The molecule has 2 aromatic rings. The van der Waals surface area contributed by atoms with Gasteiger partial charge in [0.25, 0.3) is 0 Å². The van der Waals surface area contributed by atoms with Crippen molar-refractivity contribution in [2.45, 2.75) is 11.3 Å². The summed E-state index contributed by atoms with van der Waals surface area (Å²) in [5, 5.41) is 12.5. The van der Waals surface area contributed by atoms with Crippen molar-refractivity contribution >= 4 is 31.9 Å². The molecular formula is C11H10BrN3O5S. The summed E-state index contributed by atoms with van der Waals surface area (Å²) in [6, 6.07) is 3.77. The molecule has 0 spiro atoms. The molecule has 1 aromatic heterocycles. The fourth-order valence-electron chi connectivity index (χ4n) is 1.52. The van der Waals surface area contributed by atoms with Gasteiger partial charge in [-0.2, -0.15) is 4.98 Å². The van der Waals surface area contributed by atoms with E-state index in [1.807, 2.05) is 0 Å². The molecule has 10 heteroatoms. The average molecular weight is 376 g/mol. The fraction of sp³-hybridized carbons (Fsp3) is 0.182. The summed E-state index contributed by atoms with van der Waals surface area (Å²) in [5.74, 6) is -0.842. The van der Waals surface area contributed by atoms with Crippen molar-refractivity contribution in [3.8, 4) is 0 Å². The number of carboxylic acid groups (broad SMARTS) is 1. The Morgan fingerprint density at radius 1 is 1.43 bits per heavy atom. The molecule has 0 bridgehead atoms. The Morgan fingerprint density at radius 2 is 2.19 bits per heavy atom. The van der Waals surface area contributed by atoms with Gasteiger partial charge >= 0.3 is 5.97 Å². The van der Waals surface area contributed by atoms with E-state index in [-0.39, 0.29) is 23.4 Å². The van der Waals surface area contributed by atoms with Gasteiger partial charge in [-0.1, -0.05) is 5.16 Å². The van der Waals surface area contributed by atoms with Crippen LogP contribution in [0.1, 0.15) is 16.2 Å². The van der Waals surface area contributed by atoms with Gasteiger partial charge < -0.3 is 9.63 Å². The number of nitrogens with zero attached hydrogens (tertiary/aromatic N) is 2. The predicted molar refractivity (Wildman–Crippen MR) is 74.3 cm³/mol. The predicted octanol–water partition coefficient (Wildman–Crippen LogP) is 1.05. The minimum atomic E-state index is -3.81. The van der Waals surface area contributed by atoms with E-state index in [0.717, 1.165) is 12.5 Å². The maximum absolute atomic E-state index is 12.1. The lowest BCUT2D eigenvalue weighted by Gasteiger charge is -2.07. The van der Waals surface area contributed by atoms with E-state index >= 15 is 0 Å². The number of nitrogens with one attached hydrogen (secondary N) is 1. The second-order valence-corrected chi connectivity index (χ2v) is 6.56. The molecule has 112 valence electrons. The topological polar surface area (TPSA) is 122 Å². The first-order valence-corrected chi connectivity index (χ1v) is 7.95. The van der Waals surface area contributed by atoms with Crippen molar-refractivity contribution in [3.05, 3.63) is 40.5 Å². The van der Waals surface area contributed by atoms with Crippen LogP contribution in [-0.4, -0.2) is 36.2 Å². The number of sulfonamides is 1. The van der Waals surface area contributed by atoms with Gasteiger partial charge in [0, 0.05) is 17.4 Å². The Labute approximate surface area is 128 Å². The number of benzene rings is 1. The monoisotopic (exact) mass is 375 g/mol. The lowest BCUT2D eigenvalue weighted by Crippen LogP contribution is -2.26. The molecule has 0 saturated carbocycles. The van der Waals surface area contributed by atoms with Crippen molar-refractivity contribution < 1.29 is 22.8 Å². The number of aromatic carboxylic acids is 1. The second kappa shape index (κ2) is 6.33. The van der Waals surface area contributed by atoms with E-state index in [1.54, 1.807) is 0 Å². The maximum atomic E-state index is 12.1. The van der Waals surface area contributed by atoms with Crippen LogP contribution in [0.15, 0.2) is 38.5 Å². The van der Waals surface area contributed by atoms with Crippen molar-refractivity contribution in [1.82, 2.24) is 14.9 Å². The first kappa shape index (κ1) is 15.6. The molecule has 0 fully saturated rings. The first-order chi connectivity index (χ1) is 9.90. The highest BCUT2D eigenvalue weighted by Gasteiger charge is 2.18. The summed E-state index contributed by atoms with van der Waals surface area (Å²) in [7, 11) is -3.81. The zero-order valence-corrected chi connectivity index (χ0v) is 12.9. The molecule has 0 amide bonds. The second-order valence-electron chi connectivity index (χ2n) is 3.94. The van der Waals surface area contributed by atoms with Crippen LogP contribution in [0.25, 0.3) is 0 Å². The van der Waals surface area contributed by atoms with E-state index in [1.165, 1.54) is 12.1 Å². The molecule has 2 rings (SSSR count). The van der Waals surface area contributed by atoms with Crippen LogP contribution in [0.2, 0.25) is 0 Å². The Bertz CT molecular complexity index is 745. The van der Waals surface area contributed by atoms with E-state index in [9.17, 15) is 13.2 Å². The third-order valence-electron chi connectivity index (χ3n) is 2.53. The Kier molecular flexibility index (Phi) is 4.70. The number of carbonyl (C=O) groups is 1. The standard InChI is InChI=1S/C11H10BrN3O5S/c12-9-2-1-7(5-8(9)11(16)17)21(18,19)14-4-3-10-13-6-20-15-10/h1-2,5-6,14H,3-4H2,(H,16,17). The van der Waals surface area contributed by atoms with Gasteiger partial charge in [-0.15, -0.1) is 0 Å². The van der Waals surface area contributed by atoms with E-state index in [2.05, 4.69) is 35.3 Å². The third kappa shape index (κ3) is 3.86. The maximum Gasteiger partial charge on any atom is 0.336 e. The zero-order chi connectivity index (χ0) is 15.5. The normalized spacial score (nSPS) is 11.5. The molecule has 0 radical (unpaired) electrons. The molecule has 0 aliphatic carbocycles. The lowest BCUT2D eigenvalue weighted by molar-refractivity contribution is 0.0695. The van der Waals surface area contributed by atoms with E-state index < -0.39 is 16.0 Å². The fourth-order valence-corrected chi connectivity index (χ4v) is 2.99. The van der Waals surface area contributed by atoms with E-state index in [4.69, 9.17) is 5.11 Å². The highest BCUT2D eigenvalue weighted by Crippen LogP contribution is 2.21. The number of rotatable bonds is 6. The van der Waals surface area contributed by atoms with E-state index in [0.29, 0.717) is 10.3 Å². The third-order valence-corrected chi connectivity index (χ3v) is 4.68. The van der Waals surface area contributed by atoms with Crippen molar-refractivity contribution in [2.24, 2.45) is 0 Å². The van der Waals surface area contributed by atoms with Gasteiger partial charge in [0.2, 0.25) is 16.4 Å². The molecule has 0 saturated heterocycles. The van der Waals surface area contributed by atoms with Gasteiger partial charge in [-0.3, -0.25) is 0 Å². The number of halogens is 1. The van der Waals surface area contributed by atoms with Gasteiger partial charge in [0.05, 0.1) is 10.5 Å². The van der Waals surface area contributed by atoms with Crippen LogP contribution in [0.3, 0.4) is 0 Å². The average Bonchev–Trinajstić information content (AvgIpc) is 2.91. The minimum absolute atomic E-state index is 0.0698. The van der Waals surface area contributed by atoms with Gasteiger partial charge in [-0.25, -0.2) is 17.9 Å². The Hall–Kier alpha value is -1.78. The smallest absolute Gasteiger partial charge is 0.336 e. The van der Waals surface area contributed by atoms with Crippen LogP contribution in [0, 0.1) is 0 Å². The molecule has 0 unspecified atom stereocenters. The van der Waals surface area contributed by atoms with Crippen molar-refractivity contribution in [3.63, 3.8) is 0 Å². The minimum Gasteiger partial charge on any atom is -0.478 e. The molecule has 21 heavy (non-hydrogen) atoms. The summed E-state index contributed by atoms with van der Waals surface area (Å²) in [6.45, 7) is 0.0698. The zero-order valence-electron chi connectivity index (χ0n) is 10.5. The number of hydrogen-bond donors (Lipinski definition) is 2. The lowest BCUT2D eigenvalue weighted by atomic mass is 10.2. The number of carboxylic acids is 1. The molecule has 1 aromatic carbocycles. The quantitative estimate of drug-likeness (QED) is 0.773. The molecule has 2 N–H and O–H groups in total. The number of aromatic nitrogens is 2. The SMILES string of the molecule is O=C(O)c1cc(S(=O)(=O)NCCc2ncon2)ccc1Br. The largest absolute Gasteiger partial charge is 0.478 e. The van der Waals surface area contributed by atoms with Gasteiger partial charge in [-0.05, 0) is 34.1 Å². The Balaban J connectivity index is 2.12. The molecule has 1 heterocycles. The summed E-state index contributed by atoms with van der Waals surface area (Å²) in [6.07, 6.45) is 1.41. The highest BCUT2D eigenvalue weighted by molar-refractivity contribution is 9.10. The highest BCUT2D eigenvalue weighted by atomic mass is 79.9. The first-order valence-electron chi connectivity index (χ1n) is 5.68. The van der Waals surface area contributed by atoms with Crippen LogP contribution < -0.4 is 4.72 Å². The van der Waals surface area contributed by atoms with Crippen LogP contribution in [0.4, 0.5) is 0 Å².